The lowest BCUT2D eigenvalue weighted by molar-refractivity contribution is -0.117. The number of thioether (sulfide) groups is 2. The van der Waals surface area contributed by atoms with Crippen LogP contribution in [0.3, 0.4) is 0 Å². The third-order valence-corrected chi connectivity index (χ3v) is 7.40. The lowest BCUT2D eigenvalue weighted by Crippen LogP contribution is -2.24. The van der Waals surface area contributed by atoms with E-state index in [2.05, 4.69) is 88.6 Å². The lowest BCUT2D eigenvalue weighted by Gasteiger charge is -2.20. The Morgan fingerprint density at radius 3 is 1.59 bits per heavy atom. The number of carbonyl (C=O) groups excluding carboxylic acids is 1. The molecule has 0 unspecified atom stereocenters. The van der Waals surface area contributed by atoms with Gasteiger partial charge < -0.3 is 9.22 Å². The predicted octanol–water partition coefficient (Wildman–Crippen LogP) is 8.69. The van der Waals surface area contributed by atoms with Crippen molar-refractivity contribution < 1.29 is 9.22 Å². The number of Topliss-reactive ketones (excluding diaryl/α,β-unsaturated/α-hetero) is 1. The van der Waals surface area contributed by atoms with Gasteiger partial charge in [-0.3, -0.25) is 0 Å². The van der Waals surface area contributed by atoms with E-state index < -0.39 is 8.32 Å². The van der Waals surface area contributed by atoms with E-state index in [0.29, 0.717) is 6.42 Å². The zero-order valence-electron chi connectivity index (χ0n) is 20.7. The molecule has 2 rings (SSSR count). The molecule has 176 valence electrons. The Morgan fingerprint density at radius 2 is 1.22 bits per heavy atom. The summed E-state index contributed by atoms with van der Waals surface area (Å²) in [5, 5.41) is 0. The molecular weight excluding hydrogens is 449 g/mol. The van der Waals surface area contributed by atoms with Gasteiger partial charge in [-0.25, -0.2) is 0 Å². The van der Waals surface area contributed by atoms with E-state index >= 15 is 0 Å². The third kappa shape index (κ3) is 15.4. The molecule has 0 saturated carbocycles. The molecule has 0 amide bonds. The number of carbonyl (C=O) groups is 1. The Morgan fingerprint density at radius 1 is 0.812 bits per heavy atom. The van der Waals surface area contributed by atoms with Crippen molar-refractivity contribution in [3.63, 3.8) is 0 Å². The van der Waals surface area contributed by atoms with Crippen LogP contribution in [-0.2, 0) is 9.22 Å². The SMILES string of the molecule is C=C(CCCSc1ccc(C)cc1)O[Si](C)(C)C.CC(=O)CCCSc1ccc(C)cc1. The highest BCUT2D eigenvalue weighted by atomic mass is 32.2. The molecule has 0 radical (unpaired) electrons. The third-order valence-electron chi connectivity index (χ3n) is 4.30. The fraction of sp³-hybridized carbons (Fsp3) is 0.444. The number of ketones is 1. The number of benzene rings is 2. The van der Waals surface area contributed by atoms with Crippen molar-refractivity contribution in [1.82, 2.24) is 0 Å². The summed E-state index contributed by atoms with van der Waals surface area (Å²) in [7, 11) is -1.46. The molecule has 0 spiro atoms. The summed E-state index contributed by atoms with van der Waals surface area (Å²) in [4.78, 5) is 13.3. The zero-order chi connectivity index (χ0) is 24.0. The number of hydrogen-bond donors (Lipinski definition) is 0. The summed E-state index contributed by atoms with van der Waals surface area (Å²) in [5.41, 5.74) is 2.61. The summed E-state index contributed by atoms with van der Waals surface area (Å²) in [6.45, 7) is 16.4. The first-order chi connectivity index (χ1) is 15.0. The van der Waals surface area contributed by atoms with E-state index in [1.807, 2.05) is 23.5 Å². The molecule has 0 N–H and O–H groups in total. The predicted molar refractivity (Wildman–Crippen MR) is 147 cm³/mol. The van der Waals surface area contributed by atoms with E-state index in [4.69, 9.17) is 4.43 Å². The molecule has 2 nitrogen and oxygen atoms in total. The van der Waals surface area contributed by atoms with Crippen LogP contribution in [0.1, 0.15) is 43.7 Å². The maximum atomic E-state index is 10.7. The van der Waals surface area contributed by atoms with E-state index in [9.17, 15) is 4.79 Å². The first kappa shape index (κ1) is 28.6. The van der Waals surface area contributed by atoms with Crippen molar-refractivity contribution in [3.05, 3.63) is 72.0 Å². The Bertz CT molecular complexity index is 809. The van der Waals surface area contributed by atoms with E-state index in [-0.39, 0.29) is 5.78 Å². The van der Waals surface area contributed by atoms with E-state index in [1.165, 1.54) is 20.9 Å². The van der Waals surface area contributed by atoms with Crippen LogP contribution in [0, 0.1) is 13.8 Å². The Balaban J connectivity index is 0.000000330. The molecule has 0 fully saturated rings. The molecule has 0 heterocycles. The normalized spacial score (nSPS) is 10.8. The van der Waals surface area contributed by atoms with Gasteiger partial charge in [-0.2, -0.15) is 0 Å². The topological polar surface area (TPSA) is 26.3 Å². The van der Waals surface area contributed by atoms with Crippen molar-refractivity contribution in [2.45, 2.75) is 75.9 Å². The van der Waals surface area contributed by atoms with Gasteiger partial charge in [0.1, 0.15) is 5.78 Å². The van der Waals surface area contributed by atoms with E-state index in [1.54, 1.807) is 6.92 Å². The number of allylic oxidation sites excluding steroid dienone is 1. The minimum absolute atomic E-state index is 0.287. The van der Waals surface area contributed by atoms with Crippen LogP contribution in [0.2, 0.25) is 19.6 Å². The van der Waals surface area contributed by atoms with Gasteiger partial charge in [-0.15, -0.1) is 23.5 Å². The minimum atomic E-state index is -1.46. The van der Waals surface area contributed by atoms with Gasteiger partial charge in [0.15, 0.2) is 0 Å². The van der Waals surface area contributed by atoms with Gasteiger partial charge >= 0.3 is 0 Å². The van der Waals surface area contributed by atoms with Crippen molar-refractivity contribution >= 4 is 37.6 Å². The molecule has 2 aromatic rings. The molecule has 5 heteroatoms. The smallest absolute Gasteiger partial charge is 0.241 e. The maximum absolute atomic E-state index is 10.7. The standard InChI is InChI=1S/C15H24OSSi.C12H16OS/c1-13-8-10-15(11-9-13)17-12-6-7-14(2)16-18(3,4)5;1-10-5-7-12(8-6-10)14-9-3-4-11(2)13/h8-11H,2,6-7,12H2,1,3-5H3;5-8H,3-4,9H2,1-2H3. The van der Waals surface area contributed by atoms with Crippen molar-refractivity contribution in [2.75, 3.05) is 11.5 Å². The Labute approximate surface area is 205 Å². The summed E-state index contributed by atoms with van der Waals surface area (Å²) in [5.74, 6) is 3.40. The van der Waals surface area contributed by atoms with Gasteiger partial charge in [-0.1, -0.05) is 42.0 Å². The molecular formula is C27H40O2S2Si. The number of hydrogen-bond acceptors (Lipinski definition) is 4. The highest BCUT2D eigenvalue weighted by Crippen LogP contribution is 2.22. The highest BCUT2D eigenvalue weighted by Gasteiger charge is 2.16. The number of rotatable bonds is 12. The van der Waals surface area contributed by atoms with Gasteiger partial charge in [0, 0.05) is 22.6 Å². The van der Waals surface area contributed by atoms with Crippen LogP contribution >= 0.6 is 23.5 Å². The van der Waals surface area contributed by atoms with Crippen LogP contribution in [0.25, 0.3) is 0 Å². The molecule has 0 atom stereocenters. The second-order valence-electron chi connectivity index (χ2n) is 8.99. The highest BCUT2D eigenvalue weighted by molar-refractivity contribution is 7.99. The summed E-state index contributed by atoms with van der Waals surface area (Å²) >= 11 is 3.72. The Kier molecular flexibility index (Phi) is 13.8. The van der Waals surface area contributed by atoms with Crippen LogP contribution < -0.4 is 0 Å². The van der Waals surface area contributed by atoms with Crippen LogP contribution in [-0.4, -0.2) is 25.6 Å². The average molecular weight is 489 g/mol. The summed E-state index contributed by atoms with van der Waals surface area (Å²) < 4.78 is 5.84. The molecule has 0 bridgehead atoms. The molecule has 0 aromatic heterocycles. The second kappa shape index (κ2) is 15.4. The number of aryl methyl sites for hydroxylation is 2. The second-order valence-corrected chi connectivity index (χ2v) is 15.8. The van der Waals surface area contributed by atoms with Crippen molar-refractivity contribution in [3.8, 4) is 0 Å². The molecule has 0 aliphatic heterocycles. The Hall–Kier alpha value is -1.43. The average Bonchev–Trinajstić information content (AvgIpc) is 2.70. The van der Waals surface area contributed by atoms with Crippen molar-refractivity contribution in [2.24, 2.45) is 0 Å². The van der Waals surface area contributed by atoms with Gasteiger partial charge in [-0.05, 0) is 89.0 Å². The fourth-order valence-electron chi connectivity index (χ4n) is 2.72. The fourth-order valence-corrected chi connectivity index (χ4v) is 5.40. The van der Waals surface area contributed by atoms with Gasteiger partial charge in [0.25, 0.3) is 0 Å². The maximum Gasteiger partial charge on any atom is 0.241 e. The molecule has 2 aromatic carbocycles. The molecule has 0 aliphatic rings. The molecule has 0 saturated heterocycles. The quantitative estimate of drug-likeness (QED) is 0.129. The largest absolute Gasteiger partial charge is 0.548 e. The molecule has 32 heavy (non-hydrogen) atoms. The minimum Gasteiger partial charge on any atom is -0.548 e. The van der Waals surface area contributed by atoms with E-state index in [0.717, 1.165) is 36.5 Å². The summed E-state index contributed by atoms with van der Waals surface area (Å²) in [6.07, 6.45) is 3.79. The van der Waals surface area contributed by atoms with Gasteiger partial charge in [0.2, 0.25) is 8.32 Å². The van der Waals surface area contributed by atoms with Gasteiger partial charge in [0.05, 0.1) is 5.76 Å². The zero-order valence-corrected chi connectivity index (χ0v) is 23.3. The first-order valence-electron chi connectivity index (χ1n) is 11.3. The van der Waals surface area contributed by atoms with Crippen molar-refractivity contribution in [1.29, 1.82) is 0 Å². The first-order valence-corrected chi connectivity index (χ1v) is 16.7. The van der Waals surface area contributed by atoms with Crippen LogP contribution in [0.15, 0.2) is 70.7 Å². The molecule has 0 aliphatic carbocycles. The van der Waals surface area contributed by atoms with Crippen LogP contribution in [0.4, 0.5) is 0 Å². The summed E-state index contributed by atoms with van der Waals surface area (Å²) in [6, 6.07) is 17.2. The van der Waals surface area contributed by atoms with Crippen LogP contribution in [0.5, 0.6) is 0 Å². The lowest BCUT2D eigenvalue weighted by atomic mass is 10.2. The monoisotopic (exact) mass is 488 g/mol.